The third-order valence-corrected chi connectivity index (χ3v) is 3.85. The standard InChI is InChI=1S/C18H20N6O3/c1-4-27-18(26)13-11-20-24(12-8-6-5-7-9-12)16(13)21-17(25)14-10-15(19-2)23(3)22-14/h5-11,17,21,25H,2,4H2,1,3H3. The minimum absolute atomic E-state index is 0.206. The van der Waals surface area contributed by atoms with E-state index >= 15 is 0 Å². The fourth-order valence-corrected chi connectivity index (χ4v) is 2.57. The lowest BCUT2D eigenvalue weighted by Crippen LogP contribution is -2.17. The normalized spacial score (nSPS) is 11.8. The number of carbonyl (C=O) groups excluding carboxylic acids is 1. The van der Waals surface area contributed by atoms with Gasteiger partial charge >= 0.3 is 5.97 Å². The van der Waals surface area contributed by atoms with Crippen molar-refractivity contribution in [2.75, 3.05) is 11.9 Å². The van der Waals surface area contributed by atoms with Gasteiger partial charge in [-0.2, -0.15) is 10.2 Å². The van der Waals surface area contributed by atoms with Crippen LogP contribution in [0.2, 0.25) is 0 Å². The monoisotopic (exact) mass is 368 g/mol. The molecule has 0 saturated carbocycles. The van der Waals surface area contributed by atoms with Gasteiger partial charge in [0.15, 0.2) is 6.23 Å². The first-order chi connectivity index (χ1) is 13.0. The van der Waals surface area contributed by atoms with Crippen LogP contribution < -0.4 is 5.32 Å². The van der Waals surface area contributed by atoms with E-state index in [1.165, 1.54) is 15.6 Å². The summed E-state index contributed by atoms with van der Waals surface area (Å²) in [5.41, 5.74) is 1.26. The van der Waals surface area contributed by atoms with Crippen LogP contribution in [0.5, 0.6) is 0 Å². The molecule has 0 aliphatic carbocycles. The summed E-state index contributed by atoms with van der Waals surface area (Å²) in [6.07, 6.45) is 0.203. The molecule has 2 heterocycles. The van der Waals surface area contributed by atoms with Crippen molar-refractivity contribution in [3.8, 4) is 5.69 Å². The highest BCUT2D eigenvalue weighted by atomic mass is 16.5. The molecule has 0 spiro atoms. The maximum atomic E-state index is 12.3. The number of nitrogens with one attached hydrogen (secondary N) is 1. The van der Waals surface area contributed by atoms with E-state index < -0.39 is 12.2 Å². The number of anilines is 1. The van der Waals surface area contributed by atoms with Crippen molar-refractivity contribution < 1.29 is 14.6 Å². The van der Waals surface area contributed by atoms with Crippen molar-refractivity contribution in [2.24, 2.45) is 12.0 Å². The number of esters is 1. The molecule has 1 aromatic carbocycles. The lowest BCUT2D eigenvalue weighted by molar-refractivity contribution is 0.0527. The number of aryl methyl sites for hydroxylation is 1. The third-order valence-electron chi connectivity index (χ3n) is 3.85. The van der Waals surface area contributed by atoms with Gasteiger partial charge in [-0.25, -0.2) is 14.5 Å². The average molecular weight is 368 g/mol. The molecule has 2 aromatic heterocycles. The third kappa shape index (κ3) is 3.72. The molecule has 0 aliphatic heterocycles. The van der Waals surface area contributed by atoms with Gasteiger partial charge in [0.25, 0.3) is 0 Å². The fourth-order valence-electron chi connectivity index (χ4n) is 2.57. The van der Waals surface area contributed by atoms with Crippen LogP contribution in [-0.2, 0) is 11.8 Å². The summed E-state index contributed by atoms with van der Waals surface area (Å²) in [7, 11) is 1.69. The zero-order valence-electron chi connectivity index (χ0n) is 15.0. The number of aliphatic hydroxyl groups is 1. The zero-order valence-corrected chi connectivity index (χ0v) is 15.0. The van der Waals surface area contributed by atoms with Crippen LogP contribution in [0.3, 0.4) is 0 Å². The number of aromatic nitrogens is 4. The van der Waals surface area contributed by atoms with Gasteiger partial charge in [-0.05, 0) is 25.8 Å². The number of ether oxygens (including phenoxy) is 1. The molecule has 0 amide bonds. The van der Waals surface area contributed by atoms with Gasteiger partial charge in [-0.1, -0.05) is 18.2 Å². The average Bonchev–Trinajstić information content (AvgIpc) is 3.26. The van der Waals surface area contributed by atoms with Crippen LogP contribution in [0, 0.1) is 0 Å². The maximum Gasteiger partial charge on any atom is 0.343 e. The van der Waals surface area contributed by atoms with E-state index in [1.807, 2.05) is 30.3 Å². The maximum absolute atomic E-state index is 12.3. The van der Waals surface area contributed by atoms with E-state index in [0.717, 1.165) is 5.69 Å². The van der Waals surface area contributed by atoms with Gasteiger partial charge in [0.2, 0.25) is 0 Å². The fraction of sp³-hybridized carbons (Fsp3) is 0.222. The zero-order chi connectivity index (χ0) is 19.4. The smallest absolute Gasteiger partial charge is 0.343 e. The molecule has 9 heteroatoms. The number of carbonyl (C=O) groups is 1. The molecule has 0 radical (unpaired) electrons. The summed E-state index contributed by atoms with van der Waals surface area (Å²) < 4.78 is 8.10. The van der Waals surface area contributed by atoms with Gasteiger partial charge in [-0.3, -0.25) is 4.68 Å². The summed E-state index contributed by atoms with van der Waals surface area (Å²) in [6, 6.07) is 10.8. The molecular weight excluding hydrogens is 348 g/mol. The predicted molar refractivity (Wildman–Crippen MR) is 101 cm³/mol. The Morgan fingerprint density at radius 3 is 2.78 bits per heavy atom. The SMILES string of the molecule is C=Nc1cc(C(O)Nc2c(C(=O)OCC)cnn2-c2ccccc2)nn1C. The Kier molecular flexibility index (Phi) is 5.32. The van der Waals surface area contributed by atoms with Crippen LogP contribution >= 0.6 is 0 Å². The van der Waals surface area contributed by atoms with Gasteiger partial charge in [-0.15, -0.1) is 0 Å². The van der Waals surface area contributed by atoms with Crippen molar-refractivity contribution in [3.63, 3.8) is 0 Å². The van der Waals surface area contributed by atoms with Crippen LogP contribution in [-0.4, -0.2) is 44.0 Å². The molecule has 0 fully saturated rings. The number of nitrogens with zero attached hydrogens (tertiary/aromatic N) is 5. The second-order valence-corrected chi connectivity index (χ2v) is 5.63. The van der Waals surface area contributed by atoms with Gasteiger partial charge in [0.05, 0.1) is 18.5 Å². The van der Waals surface area contributed by atoms with Crippen molar-refractivity contribution in [2.45, 2.75) is 13.2 Å². The van der Waals surface area contributed by atoms with E-state index in [2.05, 4.69) is 27.2 Å². The molecule has 0 bridgehead atoms. The number of aliphatic hydroxyl groups excluding tert-OH is 1. The van der Waals surface area contributed by atoms with E-state index in [4.69, 9.17) is 4.74 Å². The number of rotatable bonds is 7. The summed E-state index contributed by atoms with van der Waals surface area (Å²) >= 11 is 0. The Balaban J connectivity index is 1.99. The summed E-state index contributed by atoms with van der Waals surface area (Å²) in [4.78, 5) is 16.1. The molecular formula is C18H20N6O3. The Morgan fingerprint density at radius 1 is 1.41 bits per heavy atom. The van der Waals surface area contributed by atoms with E-state index in [1.54, 1.807) is 20.0 Å². The first kappa shape index (κ1) is 18.3. The summed E-state index contributed by atoms with van der Waals surface area (Å²) in [5, 5.41) is 21.9. The van der Waals surface area contributed by atoms with Gasteiger partial charge < -0.3 is 15.2 Å². The Bertz CT molecular complexity index is 947. The molecule has 3 rings (SSSR count). The molecule has 1 unspecified atom stereocenters. The van der Waals surface area contributed by atoms with Crippen molar-refractivity contribution >= 4 is 24.3 Å². The minimum Gasteiger partial charge on any atom is -0.462 e. The van der Waals surface area contributed by atoms with Crippen molar-refractivity contribution in [3.05, 3.63) is 53.9 Å². The summed E-state index contributed by atoms with van der Waals surface area (Å²) in [5.74, 6) is 0.266. The topological polar surface area (TPSA) is 107 Å². The van der Waals surface area contributed by atoms with Crippen LogP contribution in [0.4, 0.5) is 11.6 Å². The minimum atomic E-state index is -1.20. The highest BCUT2D eigenvalue weighted by Crippen LogP contribution is 2.26. The molecule has 140 valence electrons. The lowest BCUT2D eigenvalue weighted by Gasteiger charge is -2.15. The largest absolute Gasteiger partial charge is 0.462 e. The molecule has 2 N–H and O–H groups in total. The first-order valence-electron chi connectivity index (χ1n) is 8.31. The van der Waals surface area contributed by atoms with Crippen molar-refractivity contribution in [1.29, 1.82) is 0 Å². The molecule has 0 aliphatic rings. The van der Waals surface area contributed by atoms with E-state index in [-0.39, 0.29) is 12.2 Å². The number of hydrogen-bond acceptors (Lipinski definition) is 7. The molecule has 27 heavy (non-hydrogen) atoms. The molecule has 9 nitrogen and oxygen atoms in total. The Hall–Kier alpha value is -3.46. The second-order valence-electron chi connectivity index (χ2n) is 5.63. The highest BCUT2D eigenvalue weighted by Gasteiger charge is 2.23. The van der Waals surface area contributed by atoms with Crippen LogP contribution in [0.15, 0.2) is 47.6 Å². The second kappa shape index (κ2) is 7.83. The number of para-hydroxylation sites is 1. The first-order valence-corrected chi connectivity index (χ1v) is 8.31. The number of aliphatic imine (C=N–C) groups is 1. The lowest BCUT2D eigenvalue weighted by atomic mass is 10.3. The van der Waals surface area contributed by atoms with Gasteiger partial charge in [0, 0.05) is 13.1 Å². The highest BCUT2D eigenvalue weighted by molar-refractivity contribution is 5.95. The molecule has 0 saturated heterocycles. The number of hydrogen-bond donors (Lipinski definition) is 2. The van der Waals surface area contributed by atoms with Crippen LogP contribution in [0.1, 0.15) is 29.2 Å². The summed E-state index contributed by atoms with van der Waals surface area (Å²) in [6.45, 7) is 5.41. The number of benzene rings is 1. The molecule has 1 atom stereocenters. The quantitative estimate of drug-likeness (QED) is 0.376. The van der Waals surface area contributed by atoms with Gasteiger partial charge in [0.1, 0.15) is 22.9 Å². The van der Waals surface area contributed by atoms with Crippen LogP contribution in [0.25, 0.3) is 5.69 Å². The Labute approximate surface area is 155 Å². The van der Waals surface area contributed by atoms with E-state index in [0.29, 0.717) is 17.3 Å². The Morgan fingerprint density at radius 2 is 2.15 bits per heavy atom. The predicted octanol–water partition coefficient (Wildman–Crippen LogP) is 2.22. The molecule has 3 aromatic rings. The van der Waals surface area contributed by atoms with E-state index in [9.17, 15) is 9.90 Å². The van der Waals surface area contributed by atoms with Crippen molar-refractivity contribution in [1.82, 2.24) is 19.6 Å².